The maximum atomic E-state index is 12.7. The number of aryl methyl sites for hydroxylation is 1. The molecule has 0 fully saturated rings. The number of hydrogen-bond acceptors (Lipinski definition) is 6. The van der Waals surface area contributed by atoms with Crippen LogP contribution in [0.25, 0.3) is 6.08 Å². The van der Waals surface area contributed by atoms with Gasteiger partial charge in [0, 0.05) is 15.6 Å². The molecule has 0 atom stereocenters. The van der Waals surface area contributed by atoms with Crippen LogP contribution in [0, 0.1) is 6.92 Å². The molecule has 33 heavy (non-hydrogen) atoms. The molecule has 0 radical (unpaired) electrons. The lowest BCUT2D eigenvalue weighted by atomic mass is 10.1. The van der Waals surface area contributed by atoms with E-state index in [0.717, 1.165) is 10.0 Å². The van der Waals surface area contributed by atoms with E-state index in [4.69, 9.17) is 14.2 Å². The van der Waals surface area contributed by atoms with Gasteiger partial charge in [0.1, 0.15) is 5.75 Å². The van der Waals surface area contributed by atoms with E-state index in [-0.39, 0.29) is 17.3 Å². The highest BCUT2D eigenvalue weighted by Crippen LogP contribution is 2.36. The molecule has 0 saturated carbocycles. The van der Waals surface area contributed by atoms with Crippen LogP contribution in [0.15, 0.2) is 80.3 Å². The number of halogens is 2. The molecule has 1 aliphatic heterocycles. The molecular formula is C25H17Br2NO5. The van der Waals surface area contributed by atoms with Crippen molar-refractivity contribution in [1.29, 1.82) is 0 Å². The molecule has 6 nitrogen and oxygen atoms in total. The minimum Gasteiger partial charge on any atom is -0.497 e. The number of benzene rings is 3. The smallest absolute Gasteiger partial charge is 0.363 e. The number of ether oxygens (including phenoxy) is 3. The van der Waals surface area contributed by atoms with Crippen LogP contribution in [0.5, 0.6) is 11.5 Å². The van der Waals surface area contributed by atoms with Gasteiger partial charge < -0.3 is 14.2 Å². The fourth-order valence-corrected chi connectivity index (χ4v) is 4.39. The highest BCUT2D eigenvalue weighted by Gasteiger charge is 2.25. The number of nitrogens with zero attached hydrogens (tertiary/aromatic N) is 1. The molecule has 4 rings (SSSR count). The second kappa shape index (κ2) is 9.72. The lowest BCUT2D eigenvalue weighted by Crippen LogP contribution is -2.10. The predicted molar refractivity (Wildman–Crippen MR) is 132 cm³/mol. The van der Waals surface area contributed by atoms with Crippen molar-refractivity contribution in [2.75, 3.05) is 7.11 Å². The van der Waals surface area contributed by atoms with E-state index in [1.807, 2.05) is 31.2 Å². The van der Waals surface area contributed by atoms with Crippen molar-refractivity contribution in [1.82, 2.24) is 0 Å². The van der Waals surface area contributed by atoms with Crippen molar-refractivity contribution in [3.8, 4) is 11.5 Å². The monoisotopic (exact) mass is 569 g/mol. The van der Waals surface area contributed by atoms with Gasteiger partial charge in [-0.3, -0.25) is 0 Å². The number of rotatable bonds is 5. The summed E-state index contributed by atoms with van der Waals surface area (Å²) in [6.45, 7) is 1.97. The lowest BCUT2D eigenvalue weighted by molar-refractivity contribution is -0.129. The summed E-state index contributed by atoms with van der Waals surface area (Å²) in [5.41, 5.74) is 2.70. The Hall–Kier alpha value is -3.23. The van der Waals surface area contributed by atoms with Crippen molar-refractivity contribution in [3.05, 3.63) is 97.6 Å². The molecule has 1 aliphatic rings. The van der Waals surface area contributed by atoms with E-state index < -0.39 is 11.9 Å². The van der Waals surface area contributed by atoms with Gasteiger partial charge in [0.25, 0.3) is 0 Å². The Balaban J connectivity index is 1.67. The molecule has 3 aromatic rings. The Kier molecular flexibility index (Phi) is 6.76. The third-order valence-electron chi connectivity index (χ3n) is 4.77. The Morgan fingerprint density at radius 2 is 1.73 bits per heavy atom. The van der Waals surface area contributed by atoms with Crippen LogP contribution in [-0.2, 0) is 9.53 Å². The van der Waals surface area contributed by atoms with Crippen LogP contribution >= 0.6 is 31.9 Å². The van der Waals surface area contributed by atoms with Gasteiger partial charge in [-0.05, 0) is 77.5 Å². The van der Waals surface area contributed by atoms with Gasteiger partial charge in [-0.1, -0.05) is 33.6 Å². The molecule has 166 valence electrons. The quantitative estimate of drug-likeness (QED) is 0.211. The number of hydrogen-bond donors (Lipinski definition) is 0. The van der Waals surface area contributed by atoms with Crippen molar-refractivity contribution in [2.45, 2.75) is 6.92 Å². The molecule has 0 aliphatic carbocycles. The Morgan fingerprint density at radius 1 is 1.03 bits per heavy atom. The van der Waals surface area contributed by atoms with E-state index in [9.17, 15) is 9.59 Å². The van der Waals surface area contributed by atoms with E-state index in [1.165, 1.54) is 6.08 Å². The number of carbonyl (C=O) groups is 2. The molecule has 0 N–H and O–H groups in total. The summed E-state index contributed by atoms with van der Waals surface area (Å²) in [7, 11) is 1.55. The summed E-state index contributed by atoms with van der Waals surface area (Å²) < 4.78 is 17.4. The number of aliphatic imine (C=N–C) groups is 1. The Morgan fingerprint density at radius 3 is 2.39 bits per heavy atom. The van der Waals surface area contributed by atoms with Crippen LogP contribution in [0.4, 0.5) is 0 Å². The summed E-state index contributed by atoms with van der Waals surface area (Å²) in [4.78, 5) is 29.5. The molecular weight excluding hydrogens is 554 g/mol. The maximum absolute atomic E-state index is 12.7. The first-order chi connectivity index (χ1) is 15.8. The minimum absolute atomic E-state index is 0.0947. The normalized spacial score (nSPS) is 14.1. The first-order valence-electron chi connectivity index (χ1n) is 9.79. The van der Waals surface area contributed by atoms with Gasteiger partial charge >= 0.3 is 11.9 Å². The summed E-state index contributed by atoms with van der Waals surface area (Å²) in [5, 5.41) is 0. The van der Waals surface area contributed by atoms with E-state index >= 15 is 0 Å². The van der Waals surface area contributed by atoms with Gasteiger partial charge in [0.2, 0.25) is 5.90 Å². The summed E-state index contributed by atoms with van der Waals surface area (Å²) in [6.07, 6.45) is 1.52. The molecule has 0 saturated heterocycles. The Bertz CT molecular complexity index is 1300. The summed E-state index contributed by atoms with van der Waals surface area (Å²) in [6, 6.07) is 17.5. The van der Waals surface area contributed by atoms with Crippen LogP contribution in [-0.4, -0.2) is 24.9 Å². The van der Waals surface area contributed by atoms with Crippen molar-refractivity contribution in [2.24, 2.45) is 4.99 Å². The molecule has 0 bridgehead atoms. The molecule has 3 aromatic carbocycles. The second-order valence-electron chi connectivity index (χ2n) is 7.13. The molecule has 0 spiro atoms. The average molecular weight is 571 g/mol. The lowest BCUT2D eigenvalue weighted by Gasteiger charge is -2.11. The zero-order chi connectivity index (χ0) is 23.5. The third kappa shape index (κ3) is 5.23. The third-order valence-corrected chi connectivity index (χ3v) is 5.82. The highest BCUT2D eigenvalue weighted by atomic mass is 79.9. The van der Waals surface area contributed by atoms with Gasteiger partial charge in [-0.25, -0.2) is 14.6 Å². The first kappa shape index (κ1) is 22.9. The standard InChI is InChI=1S/C25H17Br2NO5/c1-14-3-5-15(6-4-14)23-28-21(25(30)33-23)12-17-11-18(26)13-20(27)22(17)32-24(29)16-7-9-19(31-2)10-8-16/h3-13H,1-2H3/b21-12-. The van der Waals surface area contributed by atoms with Crippen LogP contribution < -0.4 is 9.47 Å². The molecule has 0 aromatic heterocycles. The fourth-order valence-electron chi connectivity index (χ4n) is 3.05. The molecule has 0 unspecified atom stereocenters. The minimum atomic E-state index is -0.589. The van der Waals surface area contributed by atoms with Crippen LogP contribution in [0.1, 0.15) is 27.0 Å². The predicted octanol–water partition coefficient (Wildman–Crippen LogP) is 6.09. The number of cyclic esters (lactones) is 1. The molecule has 1 heterocycles. The number of esters is 2. The number of carbonyl (C=O) groups excluding carboxylic acids is 2. The molecule has 8 heteroatoms. The van der Waals surface area contributed by atoms with Crippen molar-refractivity contribution in [3.63, 3.8) is 0 Å². The van der Waals surface area contributed by atoms with Crippen LogP contribution in [0.2, 0.25) is 0 Å². The van der Waals surface area contributed by atoms with Crippen LogP contribution in [0.3, 0.4) is 0 Å². The van der Waals surface area contributed by atoms with Gasteiger partial charge in [-0.15, -0.1) is 0 Å². The van der Waals surface area contributed by atoms with Crippen molar-refractivity contribution < 1.29 is 23.8 Å². The van der Waals surface area contributed by atoms with E-state index in [1.54, 1.807) is 43.5 Å². The second-order valence-corrected chi connectivity index (χ2v) is 8.90. The molecule has 0 amide bonds. The highest BCUT2D eigenvalue weighted by molar-refractivity contribution is 9.11. The first-order valence-corrected chi connectivity index (χ1v) is 11.4. The zero-order valence-corrected chi connectivity index (χ0v) is 20.8. The van der Waals surface area contributed by atoms with Gasteiger partial charge in [-0.2, -0.15) is 0 Å². The van der Waals surface area contributed by atoms with Gasteiger partial charge in [0.15, 0.2) is 11.4 Å². The van der Waals surface area contributed by atoms with Crippen molar-refractivity contribution >= 4 is 55.8 Å². The fraction of sp³-hybridized carbons (Fsp3) is 0.0800. The number of methoxy groups -OCH3 is 1. The van der Waals surface area contributed by atoms with E-state index in [2.05, 4.69) is 36.9 Å². The average Bonchev–Trinajstić information content (AvgIpc) is 3.16. The van der Waals surface area contributed by atoms with E-state index in [0.29, 0.717) is 26.9 Å². The topological polar surface area (TPSA) is 74.2 Å². The zero-order valence-electron chi connectivity index (χ0n) is 17.6. The largest absolute Gasteiger partial charge is 0.497 e. The summed E-state index contributed by atoms with van der Waals surface area (Å²) >= 11 is 6.86. The maximum Gasteiger partial charge on any atom is 0.363 e. The SMILES string of the molecule is COc1ccc(C(=O)Oc2c(Br)cc(Br)cc2/C=C2\N=C(c3ccc(C)cc3)OC2=O)cc1. The Labute approximate surface area is 207 Å². The summed E-state index contributed by atoms with van der Waals surface area (Å²) in [5.74, 6) is -0.0496. The van der Waals surface area contributed by atoms with Gasteiger partial charge in [0.05, 0.1) is 17.1 Å².